The van der Waals surface area contributed by atoms with Crippen LogP contribution in [0.3, 0.4) is 0 Å². The second-order valence-electron chi connectivity index (χ2n) is 18.4. The second kappa shape index (κ2) is 45.9. The highest BCUT2D eigenvalue weighted by atomic mass is 32.3. The van der Waals surface area contributed by atoms with Crippen molar-refractivity contribution in [3.8, 4) is 0 Å². The van der Waals surface area contributed by atoms with Crippen LogP contribution in [0.5, 0.6) is 0 Å². The van der Waals surface area contributed by atoms with Crippen LogP contribution in [0.1, 0.15) is 219 Å². The molecule has 1 saturated heterocycles. The van der Waals surface area contributed by atoms with E-state index >= 15 is 0 Å². The summed E-state index contributed by atoms with van der Waals surface area (Å²) in [5.41, 5.74) is 0. The summed E-state index contributed by atoms with van der Waals surface area (Å²) in [6, 6.07) is 0. The van der Waals surface area contributed by atoms with Crippen LogP contribution in [0.15, 0.2) is 60.8 Å². The van der Waals surface area contributed by atoms with Gasteiger partial charge in [-0.3, -0.25) is 9.35 Å². The highest BCUT2D eigenvalue weighted by molar-refractivity contribution is 7.80. The molecule has 1 fully saturated rings. The first-order valence-corrected chi connectivity index (χ1v) is 28.4. The minimum Gasteiger partial charge on any atom is -0.457 e. The molecule has 0 spiro atoms. The summed E-state index contributed by atoms with van der Waals surface area (Å²) in [6.07, 6.45) is 49.9. The number of carbonyl (C=O) groups is 1. The number of ether oxygens (including phenoxy) is 4. The molecule has 0 saturated carbocycles. The molecule has 13 heteroatoms. The molecule has 68 heavy (non-hydrogen) atoms. The maximum absolute atomic E-state index is 12.9. The van der Waals surface area contributed by atoms with Crippen molar-refractivity contribution in [1.29, 1.82) is 0 Å². The Balaban J connectivity index is 2.34. The standard InChI is InChI=1S/C55H98O12S/c1-3-5-7-9-11-13-15-17-19-21-22-23-24-25-26-27-29-31-33-35-37-39-41-43-45-63-47-49(48-64-55-53(59)54(67-68(60,61)62)52(58)50(46-56)66-55)65-51(57)44-42-40-38-36-34-32-30-28-20-18-16-14-12-10-8-6-4-2/h6,8,12,14,18,20,30,32,36,38,49-50,52-56,58-59H,3-5,7,9-11,13,15-17,19,21-29,31,33-35,37,39-48H2,1-2H3,(H,60,61,62)/b8-6-,14-12-,20-18-,32-30-,38-36-. The van der Waals surface area contributed by atoms with Crippen molar-refractivity contribution < 1.29 is 56.2 Å². The molecule has 1 aliphatic heterocycles. The summed E-state index contributed by atoms with van der Waals surface area (Å²) < 4.78 is 59.2. The summed E-state index contributed by atoms with van der Waals surface area (Å²) in [4.78, 5) is 12.9. The Morgan fingerprint density at radius 2 is 1.00 bits per heavy atom. The number of aliphatic hydroxyl groups is 3. The quantitative estimate of drug-likeness (QED) is 0.0197. The SMILES string of the molecule is CC/C=C\C/C=C\C/C=C\C/C=C\C/C=C\CCCC(=O)OC(COCCCCCCCCCCCCCCCCCCCCCCCCCC)COC1OC(CO)C(O)C(OS(=O)(=O)O)C1O. The van der Waals surface area contributed by atoms with Gasteiger partial charge in [-0.2, -0.15) is 8.42 Å². The first-order chi connectivity index (χ1) is 33.1. The molecule has 0 aliphatic carbocycles. The van der Waals surface area contributed by atoms with Gasteiger partial charge in [-0.15, -0.1) is 0 Å². The second-order valence-corrected chi connectivity index (χ2v) is 19.5. The number of hydrogen-bond acceptors (Lipinski definition) is 11. The lowest BCUT2D eigenvalue weighted by molar-refractivity contribution is -0.301. The Morgan fingerprint density at radius 1 is 0.574 bits per heavy atom. The molecule has 4 N–H and O–H groups in total. The van der Waals surface area contributed by atoms with E-state index in [4.69, 9.17) is 18.9 Å². The van der Waals surface area contributed by atoms with E-state index in [9.17, 15) is 33.1 Å². The third kappa shape index (κ3) is 38.5. The van der Waals surface area contributed by atoms with E-state index < -0.39 is 59.8 Å². The fraction of sp³-hybridized carbons (Fsp3) is 0.800. The molecule has 0 amide bonds. The van der Waals surface area contributed by atoms with Crippen LogP contribution in [0, 0.1) is 0 Å². The molecular weight excluding hydrogens is 885 g/mol. The van der Waals surface area contributed by atoms with Crippen LogP contribution in [-0.4, -0.2) is 97.5 Å². The van der Waals surface area contributed by atoms with E-state index in [1.807, 2.05) is 6.08 Å². The fourth-order valence-electron chi connectivity index (χ4n) is 8.12. The third-order valence-corrected chi connectivity index (χ3v) is 12.6. The molecule has 6 atom stereocenters. The van der Waals surface area contributed by atoms with Gasteiger partial charge in [-0.1, -0.05) is 222 Å². The maximum Gasteiger partial charge on any atom is 0.397 e. The van der Waals surface area contributed by atoms with Gasteiger partial charge in [0.1, 0.15) is 30.5 Å². The number of rotatable bonds is 47. The van der Waals surface area contributed by atoms with Crippen molar-refractivity contribution >= 4 is 16.4 Å². The van der Waals surface area contributed by atoms with E-state index in [2.05, 4.69) is 72.7 Å². The van der Waals surface area contributed by atoms with E-state index in [1.165, 1.54) is 135 Å². The van der Waals surface area contributed by atoms with E-state index in [0.29, 0.717) is 19.4 Å². The minimum atomic E-state index is -5.07. The highest BCUT2D eigenvalue weighted by Crippen LogP contribution is 2.26. The Bertz CT molecular complexity index is 1410. The van der Waals surface area contributed by atoms with Crippen molar-refractivity contribution in [3.63, 3.8) is 0 Å². The number of aliphatic hydroxyl groups excluding tert-OH is 3. The molecule has 1 heterocycles. The lowest BCUT2D eigenvalue weighted by Crippen LogP contribution is -2.60. The predicted octanol–water partition coefficient (Wildman–Crippen LogP) is 12.9. The van der Waals surface area contributed by atoms with Crippen molar-refractivity contribution in [3.05, 3.63) is 60.8 Å². The monoisotopic (exact) mass is 983 g/mol. The van der Waals surface area contributed by atoms with Gasteiger partial charge < -0.3 is 34.3 Å². The van der Waals surface area contributed by atoms with Crippen molar-refractivity contribution in [2.24, 2.45) is 0 Å². The van der Waals surface area contributed by atoms with Crippen molar-refractivity contribution in [2.45, 2.75) is 256 Å². The Hall–Kier alpha value is -2.20. The molecule has 1 aliphatic rings. The lowest BCUT2D eigenvalue weighted by atomic mass is 9.99. The molecule has 12 nitrogen and oxygen atoms in total. The Labute approximate surface area is 414 Å². The van der Waals surface area contributed by atoms with Gasteiger partial charge in [0.25, 0.3) is 0 Å². The molecule has 1 rings (SSSR count). The Morgan fingerprint density at radius 3 is 1.43 bits per heavy atom. The van der Waals surface area contributed by atoms with E-state index in [-0.39, 0.29) is 19.6 Å². The molecule has 0 aromatic carbocycles. The average molecular weight is 983 g/mol. The fourth-order valence-corrected chi connectivity index (χ4v) is 8.63. The number of hydrogen-bond donors (Lipinski definition) is 4. The maximum atomic E-state index is 12.9. The van der Waals surface area contributed by atoms with Crippen LogP contribution in [-0.2, 0) is 38.3 Å². The number of esters is 1. The summed E-state index contributed by atoms with van der Waals surface area (Å²) in [5.74, 6) is -0.453. The van der Waals surface area contributed by atoms with Gasteiger partial charge in [0.15, 0.2) is 6.29 Å². The Kier molecular flexibility index (Phi) is 43.1. The normalized spacial score (nSPS) is 19.8. The van der Waals surface area contributed by atoms with Gasteiger partial charge in [-0.05, 0) is 51.4 Å². The van der Waals surface area contributed by atoms with Crippen LogP contribution in [0.4, 0.5) is 0 Å². The first-order valence-electron chi connectivity index (χ1n) is 27.0. The van der Waals surface area contributed by atoms with Crippen LogP contribution < -0.4 is 0 Å². The number of unbranched alkanes of at least 4 members (excludes halogenated alkanes) is 24. The van der Waals surface area contributed by atoms with Gasteiger partial charge in [0.05, 0.1) is 19.8 Å². The van der Waals surface area contributed by atoms with Gasteiger partial charge >= 0.3 is 16.4 Å². The zero-order valence-corrected chi connectivity index (χ0v) is 43.5. The lowest BCUT2D eigenvalue weighted by Gasteiger charge is -2.41. The van der Waals surface area contributed by atoms with Crippen LogP contribution in [0.2, 0.25) is 0 Å². The zero-order valence-electron chi connectivity index (χ0n) is 42.7. The predicted molar refractivity (Wildman–Crippen MR) is 276 cm³/mol. The van der Waals surface area contributed by atoms with Crippen molar-refractivity contribution in [2.75, 3.05) is 26.4 Å². The van der Waals surface area contributed by atoms with Crippen LogP contribution in [0.25, 0.3) is 0 Å². The molecular formula is C55H98O12S. The molecule has 0 aromatic rings. The highest BCUT2D eigenvalue weighted by Gasteiger charge is 2.48. The largest absolute Gasteiger partial charge is 0.457 e. The molecule has 0 bridgehead atoms. The number of carbonyl (C=O) groups excluding carboxylic acids is 1. The average Bonchev–Trinajstić information content (AvgIpc) is 3.31. The minimum absolute atomic E-state index is 0.0136. The summed E-state index contributed by atoms with van der Waals surface area (Å²) in [7, 11) is -5.07. The van der Waals surface area contributed by atoms with Gasteiger partial charge in [-0.25, -0.2) is 4.18 Å². The third-order valence-electron chi connectivity index (χ3n) is 12.2. The molecule has 0 aromatic heterocycles. The van der Waals surface area contributed by atoms with Gasteiger partial charge in [0.2, 0.25) is 0 Å². The molecule has 6 unspecified atom stereocenters. The van der Waals surface area contributed by atoms with E-state index in [1.54, 1.807) is 0 Å². The topological polar surface area (TPSA) is 178 Å². The first kappa shape index (κ1) is 63.8. The molecule has 396 valence electrons. The summed E-state index contributed by atoms with van der Waals surface area (Å²) in [6.45, 7) is 3.84. The zero-order chi connectivity index (χ0) is 49.6. The smallest absolute Gasteiger partial charge is 0.397 e. The van der Waals surface area contributed by atoms with Crippen LogP contribution >= 0.6 is 0 Å². The molecule has 0 radical (unpaired) electrons. The summed E-state index contributed by atoms with van der Waals surface area (Å²) >= 11 is 0. The van der Waals surface area contributed by atoms with Crippen molar-refractivity contribution in [1.82, 2.24) is 0 Å². The summed E-state index contributed by atoms with van der Waals surface area (Å²) in [5, 5.41) is 30.8. The number of allylic oxidation sites excluding steroid dienone is 10. The van der Waals surface area contributed by atoms with Gasteiger partial charge in [0, 0.05) is 13.0 Å². The van der Waals surface area contributed by atoms with E-state index in [0.717, 1.165) is 51.4 Å².